The molecule has 1 fully saturated rings. The van der Waals surface area contributed by atoms with Crippen molar-refractivity contribution in [2.45, 2.75) is 32.7 Å². The van der Waals surface area contributed by atoms with Crippen LogP contribution in [0, 0.1) is 17.7 Å². The lowest BCUT2D eigenvalue weighted by atomic mass is 9.81. The van der Waals surface area contributed by atoms with Crippen molar-refractivity contribution >= 4 is 17.6 Å². The second kappa shape index (κ2) is 10.0. The van der Waals surface area contributed by atoms with Crippen molar-refractivity contribution in [1.82, 2.24) is 10.2 Å². The molecule has 2 aromatic carbocycles. The van der Waals surface area contributed by atoms with E-state index in [2.05, 4.69) is 17.6 Å². The summed E-state index contributed by atoms with van der Waals surface area (Å²) >= 11 is 0. The minimum atomic E-state index is -0.283. The largest absolute Gasteiger partial charge is 0.352 e. The van der Waals surface area contributed by atoms with E-state index in [1.807, 2.05) is 35.2 Å². The number of anilines is 1. The van der Waals surface area contributed by atoms with E-state index < -0.39 is 0 Å². The SMILES string of the molecule is CC[C@H]1CN(C(=O)Nc2ccccc2)CC[C@H]1CC(=O)NCc1ccc(F)cc1. The Labute approximate surface area is 171 Å². The molecule has 0 radical (unpaired) electrons. The van der Waals surface area contributed by atoms with E-state index in [4.69, 9.17) is 0 Å². The van der Waals surface area contributed by atoms with Gasteiger partial charge < -0.3 is 15.5 Å². The Hall–Kier alpha value is -2.89. The Balaban J connectivity index is 1.48. The summed E-state index contributed by atoms with van der Waals surface area (Å²) in [6, 6.07) is 15.5. The molecule has 0 saturated carbocycles. The zero-order chi connectivity index (χ0) is 20.6. The van der Waals surface area contributed by atoms with E-state index in [9.17, 15) is 14.0 Å². The topological polar surface area (TPSA) is 61.4 Å². The maximum Gasteiger partial charge on any atom is 0.321 e. The Morgan fingerprint density at radius 1 is 1.07 bits per heavy atom. The zero-order valence-electron chi connectivity index (χ0n) is 16.7. The number of amides is 3. The standard InChI is InChI=1S/C23H28FN3O2/c1-2-18-16-27(23(29)26-21-6-4-3-5-7-21)13-12-19(18)14-22(28)25-15-17-8-10-20(24)11-9-17/h3-11,18-19H,2,12-16H2,1H3,(H,25,28)(H,26,29)/t18-,19-/m0/s1. The van der Waals surface area contributed by atoms with Crippen LogP contribution < -0.4 is 10.6 Å². The molecule has 1 heterocycles. The van der Waals surface area contributed by atoms with Crippen molar-refractivity contribution in [1.29, 1.82) is 0 Å². The van der Waals surface area contributed by atoms with Gasteiger partial charge in [-0.2, -0.15) is 0 Å². The van der Waals surface area contributed by atoms with Gasteiger partial charge in [0, 0.05) is 31.7 Å². The number of rotatable bonds is 6. The lowest BCUT2D eigenvalue weighted by molar-refractivity contribution is -0.123. The molecule has 3 amide bonds. The minimum Gasteiger partial charge on any atom is -0.352 e. The van der Waals surface area contributed by atoms with E-state index in [1.54, 1.807) is 12.1 Å². The summed E-state index contributed by atoms with van der Waals surface area (Å²) in [6.45, 7) is 3.80. The zero-order valence-corrected chi connectivity index (χ0v) is 16.7. The van der Waals surface area contributed by atoms with E-state index in [0.717, 1.165) is 24.1 Å². The summed E-state index contributed by atoms with van der Waals surface area (Å²) in [7, 11) is 0. The number of benzene rings is 2. The Morgan fingerprint density at radius 2 is 1.79 bits per heavy atom. The average molecular weight is 397 g/mol. The van der Waals surface area contributed by atoms with Gasteiger partial charge in [0.2, 0.25) is 5.91 Å². The highest BCUT2D eigenvalue weighted by molar-refractivity contribution is 5.89. The van der Waals surface area contributed by atoms with Gasteiger partial charge in [0.1, 0.15) is 5.82 Å². The predicted octanol–water partition coefficient (Wildman–Crippen LogP) is 4.41. The highest BCUT2D eigenvalue weighted by atomic mass is 19.1. The van der Waals surface area contributed by atoms with Crippen LogP contribution >= 0.6 is 0 Å². The van der Waals surface area contributed by atoms with Gasteiger partial charge in [-0.3, -0.25) is 4.79 Å². The number of hydrogen-bond acceptors (Lipinski definition) is 2. The molecule has 0 aliphatic carbocycles. The van der Waals surface area contributed by atoms with Crippen molar-refractivity contribution in [2.24, 2.45) is 11.8 Å². The van der Waals surface area contributed by atoms with Gasteiger partial charge in [0.15, 0.2) is 0 Å². The fourth-order valence-corrected chi connectivity index (χ4v) is 3.83. The molecule has 0 bridgehead atoms. The van der Waals surface area contributed by atoms with Gasteiger partial charge in [-0.05, 0) is 48.1 Å². The van der Waals surface area contributed by atoms with Crippen molar-refractivity contribution < 1.29 is 14.0 Å². The molecule has 154 valence electrons. The number of piperidine rings is 1. The van der Waals surface area contributed by atoms with E-state index in [-0.39, 0.29) is 23.7 Å². The smallest absolute Gasteiger partial charge is 0.321 e. The Morgan fingerprint density at radius 3 is 2.48 bits per heavy atom. The first-order valence-corrected chi connectivity index (χ1v) is 10.2. The van der Waals surface area contributed by atoms with Crippen LogP contribution in [0.5, 0.6) is 0 Å². The first-order valence-electron chi connectivity index (χ1n) is 10.2. The lowest BCUT2D eigenvalue weighted by Gasteiger charge is -2.38. The van der Waals surface area contributed by atoms with Gasteiger partial charge in [0.05, 0.1) is 0 Å². The molecule has 2 atom stereocenters. The molecule has 1 saturated heterocycles. The molecule has 2 aromatic rings. The number of hydrogen-bond donors (Lipinski definition) is 2. The van der Waals surface area contributed by atoms with Crippen LogP contribution in [0.4, 0.5) is 14.9 Å². The number of carbonyl (C=O) groups is 2. The van der Waals surface area contributed by atoms with Gasteiger partial charge in [-0.1, -0.05) is 43.7 Å². The molecule has 0 unspecified atom stereocenters. The summed E-state index contributed by atoms with van der Waals surface area (Å²) in [5.74, 6) is 0.268. The molecule has 6 heteroatoms. The number of nitrogens with one attached hydrogen (secondary N) is 2. The van der Waals surface area contributed by atoms with Crippen molar-refractivity contribution in [3.63, 3.8) is 0 Å². The Bertz CT molecular complexity index is 811. The molecule has 1 aliphatic heterocycles. The molecule has 1 aliphatic rings. The van der Waals surface area contributed by atoms with Crippen LogP contribution in [-0.2, 0) is 11.3 Å². The summed E-state index contributed by atoms with van der Waals surface area (Å²) < 4.78 is 13.0. The highest BCUT2D eigenvalue weighted by Gasteiger charge is 2.31. The highest BCUT2D eigenvalue weighted by Crippen LogP contribution is 2.29. The van der Waals surface area contributed by atoms with Gasteiger partial charge in [-0.15, -0.1) is 0 Å². The lowest BCUT2D eigenvalue weighted by Crippen LogP contribution is -2.46. The molecule has 2 N–H and O–H groups in total. The van der Waals surface area contributed by atoms with Crippen LogP contribution in [0.2, 0.25) is 0 Å². The number of urea groups is 1. The van der Waals surface area contributed by atoms with Crippen LogP contribution in [0.25, 0.3) is 0 Å². The van der Waals surface area contributed by atoms with Gasteiger partial charge >= 0.3 is 6.03 Å². The van der Waals surface area contributed by atoms with Gasteiger partial charge in [0.25, 0.3) is 0 Å². The summed E-state index contributed by atoms with van der Waals surface area (Å²) in [5.41, 5.74) is 1.66. The van der Waals surface area contributed by atoms with Crippen molar-refractivity contribution in [2.75, 3.05) is 18.4 Å². The summed E-state index contributed by atoms with van der Waals surface area (Å²) in [5, 5.41) is 5.86. The quantitative estimate of drug-likeness (QED) is 0.758. The van der Waals surface area contributed by atoms with E-state index in [0.29, 0.717) is 32.0 Å². The van der Waals surface area contributed by atoms with Crippen LogP contribution in [0.3, 0.4) is 0 Å². The second-order valence-electron chi connectivity index (χ2n) is 7.57. The number of para-hydroxylation sites is 1. The third-order valence-electron chi connectivity index (χ3n) is 5.58. The molecule has 0 aromatic heterocycles. The number of likely N-dealkylation sites (tertiary alicyclic amines) is 1. The monoisotopic (exact) mass is 397 g/mol. The average Bonchev–Trinajstić information content (AvgIpc) is 2.74. The van der Waals surface area contributed by atoms with Crippen LogP contribution in [-0.4, -0.2) is 29.9 Å². The molecule has 5 nitrogen and oxygen atoms in total. The van der Waals surface area contributed by atoms with E-state index >= 15 is 0 Å². The van der Waals surface area contributed by atoms with Crippen LogP contribution in [0.1, 0.15) is 31.7 Å². The normalized spacial score (nSPS) is 18.9. The first kappa shape index (κ1) is 20.8. The Kier molecular flexibility index (Phi) is 7.22. The maximum atomic E-state index is 13.0. The maximum absolute atomic E-state index is 13.0. The predicted molar refractivity (Wildman–Crippen MR) is 112 cm³/mol. The van der Waals surface area contributed by atoms with E-state index in [1.165, 1.54) is 12.1 Å². The number of nitrogens with zero attached hydrogens (tertiary/aromatic N) is 1. The molecular weight excluding hydrogens is 369 g/mol. The number of halogens is 1. The summed E-state index contributed by atoms with van der Waals surface area (Å²) in [6.07, 6.45) is 2.18. The fraction of sp³-hybridized carbons (Fsp3) is 0.391. The first-order chi connectivity index (χ1) is 14.0. The molecule has 29 heavy (non-hydrogen) atoms. The minimum absolute atomic E-state index is 0.0000351. The molecule has 0 spiro atoms. The third kappa shape index (κ3) is 6.04. The third-order valence-corrected chi connectivity index (χ3v) is 5.58. The fourth-order valence-electron chi connectivity index (χ4n) is 3.83. The second-order valence-corrected chi connectivity index (χ2v) is 7.57. The molecule has 3 rings (SSSR count). The molecular formula is C23H28FN3O2. The summed E-state index contributed by atoms with van der Waals surface area (Å²) in [4.78, 5) is 26.8. The number of carbonyl (C=O) groups excluding carboxylic acids is 2. The van der Waals surface area contributed by atoms with Crippen molar-refractivity contribution in [3.05, 3.63) is 66.0 Å². The van der Waals surface area contributed by atoms with Gasteiger partial charge in [-0.25, -0.2) is 9.18 Å². The van der Waals surface area contributed by atoms with Crippen molar-refractivity contribution in [3.8, 4) is 0 Å². The van der Waals surface area contributed by atoms with Crippen LogP contribution in [0.15, 0.2) is 54.6 Å².